The number of hydrogen-bond acceptors (Lipinski definition) is 6. The van der Waals surface area contributed by atoms with Crippen molar-refractivity contribution in [3.05, 3.63) is 12.2 Å². The third-order valence-electron chi connectivity index (χ3n) is 4.88. The van der Waals surface area contributed by atoms with Crippen LogP contribution >= 0.6 is 0 Å². The largest absolute Gasteiger partial charge is 0.452 e. The Labute approximate surface area is 151 Å². The molecule has 6 heteroatoms. The van der Waals surface area contributed by atoms with Crippen LogP contribution in [0, 0.1) is 5.92 Å². The Morgan fingerprint density at radius 1 is 1.24 bits per heavy atom. The summed E-state index contributed by atoms with van der Waals surface area (Å²) in [5.74, 6) is -1.43. The average molecular weight is 355 g/mol. The number of ether oxygens (including phenoxy) is 4. The number of hydrogen-bond donors (Lipinski definition) is 1. The summed E-state index contributed by atoms with van der Waals surface area (Å²) in [4.78, 5) is 11.8. The minimum absolute atomic E-state index is 0.0238. The average Bonchev–Trinajstić information content (AvgIpc) is 3.10. The Balaban J connectivity index is 1.98. The molecule has 0 amide bonds. The van der Waals surface area contributed by atoms with Crippen LogP contribution in [0.4, 0.5) is 0 Å². The molecule has 2 heterocycles. The maximum Gasteiger partial charge on any atom is 0.320 e. The molecular formula is C19H33NO5. The summed E-state index contributed by atoms with van der Waals surface area (Å²) in [6.45, 7) is 5.52. The van der Waals surface area contributed by atoms with E-state index in [1.54, 1.807) is 0 Å². The van der Waals surface area contributed by atoms with Crippen molar-refractivity contribution in [1.82, 2.24) is 0 Å². The molecule has 6 nitrogen and oxygen atoms in total. The highest BCUT2D eigenvalue weighted by Crippen LogP contribution is 2.40. The van der Waals surface area contributed by atoms with Gasteiger partial charge in [0.05, 0.1) is 26.4 Å². The van der Waals surface area contributed by atoms with Crippen LogP contribution in [-0.2, 0) is 23.7 Å². The lowest BCUT2D eigenvalue weighted by Gasteiger charge is -2.45. The fourth-order valence-electron chi connectivity index (χ4n) is 3.45. The van der Waals surface area contributed by atoms with Gasteiger partial charge in [-0.2, -0.15) is 0 Å². The summed E-state index contributed by atoms with van der Waals surface area (Å²) in [6, 6.07) is 0. The van der Waals surface area contributed by atoms with Gasteiger partial charge in [0.15, 0.2) is 6.10 Å². The second-order valence-electron chi connectivity index (χ2n) is 6.86. The third kappa shape index (κ3) is 5.26. The van der Waals surface area contributed by atoms with Gasteiger partial charge in [0.25, 0.3) is 0 Å². The second kappa shape index (κ2) is 10.3. The van der Waals surface area contributed by atoms with Gasteiger partial charge in [-0.15, -0.1) is 0 Å². The molecule has 0 unspecified atom stereocenters. The molecule has 0 aromatic heterocycles. The van der Waals surface area contributed by atoms with Gasteiger partial charge in [0.1, 0.15) is 6.10 Å². The van der Waals surface area contributed by atoms with Crippen molar-refractivity contribution in [3.8, 4) is 0 Å². The fourth-order valence-corrected chi connectivity index (χ4v) is 3.45. The van der Waals surface area contributed by atoms with Crippen molar-refractivity contribution in [3.63, 3.8) is 0 Å². The molecule has 0 radical (unpaired) electrons. The van der Waals surface area contributed by atoms with Crippen LogP contribution in [0.25, 0.3) is 0 Å². The van der Waals surface area contributed by atoms with Crippen LogP contribution in [0.3, 0.4) is 0 Å². The smallest absolute Gasteiger partial charge is 0.320 e. The first-order chi connectivity index (χ1) is 12.1. The van der Waals surface area contributed by atoms with Gasteiger partial charge >= 0.3 is 5.97 Å². The van der Waals surface area contributed by atoms with E-state index in [0.29, 0.717) is 19.8 Å². The van der Waals surface area contributed by atoms with Crippen LogP contribution in [0.15, 0.2) is 12.2 Å². The Hall–Kier alpha value is -0.950. The molecule has 144 valence electrons. The molecule has 2 aliphatic heterocycles. The van der Waals surface area contributed by atoms with E-state index in [1.807, 2.05) is 13.0 Å². The zero-order valence-electron chi connectivity index (χ0n) is 15.6. The van der Waals surface area contributed by atoms with Gasteiger partial charge in [0.2, 0.25) is 5.79 Å². The van der Waals surface area contributed by atoms with E-state index >= 15 is 0 Å². The highest BCUT2D eigenvalue weighted by atomic mass is 16.8. The Kier molecular flexibility index (Phi) is 8.36. The number of nitrogens with two attached hydrogens (primary N) is 1. The molecule has 0 saturated carbocycles. The molecule has 0 bridgehead atoms. The first kappa shape index (κ1) is 20.4. The zero-order valence-corrected chi connectivity index (χ0v) is 15.6. The molecule has 0 aliphatic carbocycles. The van der Waals surface area contributed by atoms with Gasteiger partial charge < -0.3 is 24.7 Å². The van der Waals surface area contributed by atoms with Crippen molar-refractivity contribution in [2.45, 2.75) is 70.4 Å². The summed E-state index contributed by atoms with van der Waals surface area (Å²) >= 11 is 0. The lowest BCUT2D eigenvalue weighted by Crippen LogP contribution is -2.61. The topological polar surface area (TPSA) is 80.0 Å². The Morgan fingerprint density at radius 2 is 1.96 bits per heavy atom. The standard InChI is InChI=1S/C19H33NO5/c1-3-4-5-6-7-8-9-10-16-18(25-17(21)13-20)19(15(2)14-22-16)23-11-12-24-19/h9-10,15-16,18H,3-8,11-14,20H2,1-2H3/b10-9+/t15-,16-,18-/m0/s1. The van der Waals surface area contributed by atoms with E-state index in [4.69, 9.17) is 24.7 Å². The normalized spacial score (nSPS) is 28.7. The van der Waals surface area contributed by atoms with Crippen LogP contribution in [0.2, 0.25) is 0 Å². The molecule has 2 rings (SSSR count). The molecule has 25 heavy (non-hydrogen) atoms. The number of rotatable bonds is 9. The van der Waals surface area contributed by atoms with E-state index in [2.05, 4.69) is 13.0 Å². The summed E-state index contributed by atoms with van der Waals surface area (Å²) in [6.07, 6.45) is 10.3. The quantitative estimate of drug-likeness (QED) is 0.389. The maximum absolute atomic E-state index is 11.8. The van der Waals surface area contributed by atoms with Gasteiger partial charge in [-0.05, 0) is 12.8 Å². The molecule has 0 aromatic rings. The minimum Gasteiger partial charge on any atom is -0.452 e. The molecule has 1 spiro atoms. The van der Waals surface area contributed by atoms with E-state index in [1.165, 1.54) is 25.7 Å². The molecule has 2 fully saturated rings. The fraction of sp³-hybridized carbons (Fsp3) is 0.842. The Morgan fingerprint density at radius 3 is 2.64 bits per heavy atom. The van der Waals surface area contributed by atoms with Crippen molar-refractivity contribution in [1.29, 1.82) is 0 Å². The van der Waals surface area contributed by atoms with Crippen LogP contribution in [0.1, 0.15) is 52.4 Å². The van der Waals surface area contributed by atoms with E-state index in [-0.39, 0.29) is 18.6 Å². The summed E-state index contributed by atoms with van der Waals surface area (Å²) < 4.78 is 23.3. The van der Waals surface area contributed by atoms with Gasteiger partial charge in [-0.25, -0.2) is 0 Å². The number of esters is 1. The van der Waals surface area contributed by atoms with Crippen LogP contribution in [0.5, 0.6) is 0 Å². The molecule has 0 aromatic carbocycles. The lowest BCUT2D eigenvalue weighted by molar-refractivity contribution is -0.304. The van der Waals surface area contributed by atoms with E-state index in [9.17, 15) is 4.79 Å². The maximum atomic E-state index is 11.8. The van der Waals surface area contributed by atoms with Crippen molar-refractivity contribution < 1.29 is 23.7 Å². The predicted molar refractivity (Wildman–Crippen MR) is 95.0 cm³/mol. The van der Waals surface area contributed by atoms with Crippen molar-refractivity contribution >= 4 is 5.97 Å². The first-order valence-corrected chi connectivity index (χ1v) is 9.59. The number of unbranched alkanes of at least 4 members (excludes halogenated alkanes) is 5. The number of carbonyl (C=O) groups excluding carboxylic acids is 1. The van der Waals surface area contributed by atoms with Gasteiger partial charge in [-0.3, -0.25) is 4.79 Å². The third-order valence-corrected chi connectivity index (χ3v) is 4.88. The van der Waals surface area contributed by atoms with Crippen LogP contribution < -0.4 is 5.73 Å². The Bertz CT molecular complexity index is 434. The van der Waals surface area contributed by atoms with Gasteiger partial charge in [0, 0.05) is 5.92 Å². The second-order valence-corrected chi connectivity index (χ2v) is 6.86. The number of allylic oxidation sites excluding steroid dienone is 1. The monoisotopic (exact) mass is 355 g/mol. The summed E-state index contributed by atoms with van der Waals surface area (Å²) in [5.41, 5.74) is 5.42. The minimum atomic E-state index is -0.931. The first-order valence-electron chi connectivity index (χ1n) is 9.59. The summed E-state index contributed by atoms with van der Waals surface area (Å²) in [7, 11) is 0. The molecular weight excluding hydrogens is 322 g/mol. The molecule has 2 saturated heterocycles. The van der Waals surface area contributed by atoms with Crippen LogP contribution in [-0.4, -0.2) is 50.3 Å². The van der Waals surface area contributed by atoms with Gasteiger partial charge in [-0.1, -0.05) is 51.7 Å². The van der Waals surface area contributed by atoms with E-state index < -0.39 is 17.9 Å². The predicted octanol–water partition coefficient (Wildman–Crippen LogP) is 2.55. The molecule has 2 N–H and O–H groups in total. The van der Waals surface area contributed by atoms with Crippen molar-refractivity contribution in [2.24, 2.45) is 11.7 Å². The highest BCUT2D eigenvalue weighted by molar-refractivity contribution is 5.71. The van der Waals surface area contributed by atoms with E-state index in [0.717, 1.165) is 12.8 Å². The molecule has 3 atom stereocenters. The lowest BCUT2D eigenvalue weighted by atomic mass is 9.88. The highest BCUT2D eigenvalue weighted by Gasteiger charge is 2.57. The zero-order chi connectivity index (χ0) is 18.1. The SMILES string of the molecule is CCCCCCC/C=C/[C@@H]1OC[C@H](C)C2(OCCO2)[C@H]1OC(=O)CN. The molecule has 2 aliphatic rings. The number of carbonyl (C=O) groups is 1. The van der Waals surface area contributed by atoms with Crippen molar-refractivity contribution in [2.75, 3.05) is 26.4 Å². The summed E-state index contributed by atoms with van der Waals surface area (Å²) in [5, 5.41) is 0.